The highest BCUT2D eigenvalue weighted by molar-refractivity contribution is 5.45. The van der Waals surface area contributed by atoms with Crippen molar-refractivity contribution >= 4 is 5.69 Å². The van der Waals surface area contributed by atoms with Gasteiger partial charge < -0.3 is 14.7 Å². The van der Waals surface area contributed by atoms with E-state index in [0.29, 0.717) is 12.3 Å². The largest absolute Gasteiger partial charge is 0.387 e. The van der Waals surface area contributed by atoms with Gasteiger partial charge in [-0.25, -0.2) is 0 Å². The molecule has 0 aliphatic carbocycles. The Morgan fingerprint density at radius 1 is 1.42 bits per heavy atom. The molecule has 1 unspecified atom stereocenters. The van der Waals surface area contributed by atoms with Crippen LogP contribution < -0.4 is 4.90 Å². The van der Waals surface area contributed by atoms with Crippen molar-refractivity contribution in [3.63, 3.8) is 0 Å². The molecule has 0 aromatic carbocycles. The molecule has 0 bridgehead atoms. The number of piperidine rings is 1. The van der Waals surface area contributed by atoms with Crippen LogP contribution in [0.25, 0.3) is 0 Å². The lowest BCUT2D eigenvalue weighted by Crippen LogP contribution is -2.35. The maximum atomic E-state index is 9.73. The highest BCUT2D eigenvalue weighted by atomic mass is 16.5. The lowest BCUT2D eigenvalue weighted by Gasteiger charge is -2.33. The topological polar surface area (TPSA) is 45.6 Å². The van der Waals surface area contributed by atoms with Gasteiger partial charge in [-0.1, -0.05) is 6.92 Å². The van der Waals surface area contributed by atoms with Crippen LogP contribution in [0.1, 0.15) is 38.0 Å². The highest BCUT2D eigenvalue weighted by Gasteiger charge is 2.19. The SMILES string of the molecule is CCC(O)c1ccc(N2CCC(COC)CC2)cn1. The molecule has 106 valence electrons. The van der Waals surface area contributed by atoms with Crippen LogP contribution in [0, 0.1) is 5.92 Å². The molecule has 1 saturated heterocycles. The summed E-state index contributed by atoms with van der Waals surface area (Å²) in [5.74, 6) is 0.690. The lowest BCUT2D eigenvalue weighted by molar-refractivity contribution is 0.139. The van der Waals surface area contributed by atoms with E-state index in [-0.39, 0.29) is 0 Å². The molecule has 4 nitrogen and oxygen atoms in total. The van der Waals surface area contributed by atoms with Gasteiger partial charge in [-0.3, -0.25) is 4.98 Å². The van der Waals surface area contributed by atoms with Crippen LogP contribution in [-0.2, 0) is 4.74 Å². The van der Waals surface area contributed by atoms with Crippen molar-refractivity contribution in [2.45, 2.75) is 32.3 Å². The van der Waals surface area contributed by atoms with Crippen LogP contribution in [-0.4, -0.2) is 36.9 Å². The second-order valence-corrected chi connectivity index (χ2v) is 5.25. The number of aliphatic hydroxyl groups excluding tert-OH is 1. The summed E-state index contributed by atoms with van der Waals surface area (Å²) in [5.41, 5.74) is 1.92. The smallest absolute Gasteiger partial charge is 0.0957 e. The van der Waals surface area contributed by atoms with Gasteiger partial charge in [0.25, 0.3) is 0 Å². The molecule has 0 saturated carbocycles. The summed E-state index contributed by atoms with van der Waals surface area (Å²) in [6.45, 7) is 4.95. The van der Waals surface area contributed by atoms with Crippen LogP contribution in [0.3, 0.4) is 0 Å². The number of hydrogen-bond donors (Lipinski definition) is 1. The first-order chi connectivity index (χ1) is 9.24. The van der Waals surface area contributed by atoms with Crippen LogP contribution >= 0.6 is 0 Å². The van der Waals surface area contributed by atoms with Crippen molar-refractivity contribution in [3.05, 3.63) is 24.0 Å². The van der Waals surface area contributed by atoms with Gasteiger partial charge in [-0.2, -0.15) is 0 Å². The second kappa shape index (κ2) is 6.87. The van der Waals surface area contributed by atoms with Gasteiger partial charge in [0.15, 0.2) is 0 Å². The average Bonchev–Trinajstić information content (AvgIpc) is 2.48. The number of aliphatic hydroxyl groups is 1. The Labute approximate surface area is 115 Å². The van der Waals surface area contributed by atoms with E-state index >= 15 is 0 Å². The van der Waals surface area contributed by atoms with Gasteiger partial charge in [0.2, 0.25) is 0 Å². The third-order valence-electron chi connectivity index (χ3n) is 3.88. The number of anilines is 1. The van der Waals surface area contributed by atoms with E-state index in [1.165, 1.54) is 12.8 Å². The van der Waals surface area contributed by atoms with Crippen LogP contribution in [0.15, 0.2) is 18.3 Å². The van der Waals surface area contributed by atoms with Crippen LogP contribution in [0.2, 0.25) is 0 Å². The van der Waals surface area contributed by atoms with E-state index in [1.54, 1.807) is 7.11 Å². The fourth-order valence-electron chi connectivity index (χ4n) is 2.58. The molecule has 2 heterocycles. The van der Waals surface area contributed by atoms with Crippen molar-refractivity contribution in [1.29, 1.82) is 0 Å². The van der Waals surface area contributed by atoms with Gasteiger partial charge in [0, 0.05) is 26.8 Å². The molecule has 1 aromatic rings. The molecule has 4 heteroatoms. The molecule has 0 amide bonds. The molecule has 0 radical (unpaired) electrons. The average molecular weight is 264 g/mol. The third kappa shape index (κ3) is 3.67. The summed E-state index contributed by atoms with van der Waals surface area (Å²) < 4.78 is 5.22. The number of aromatic nitrogens is 1. The number of ether oxygens (including phenoxy) is 1. The zero-order valence-electron chi connectivity index (χ0n) is 11.9. The Hall–Kier alpha value is -1.13. The van der Waals surface area contributed by atoms with Gasteiger partial charge in [0.05, 0.1) is 23.7 Å². The molecule has 1 aliphatic rings. The van der Waals surface area contributed by atoms with Gasteiger partial charge in [0.1, 0.15) is 0 Å². The van der Waals surface area contributed by atoms with Crippen LogP contribution in [0.4, 0.5) is 5.69 Å². The molecule has 19 heavy (non-hydrogen) atoms. The summed E-state index contributed by atoms with van der Waals surface area (Å²) in [5, 5.41) is 9.73. The minimum absolute atomic E-state index is 0.443. The highest BCUT2D eigenvalue weighted by Crippen LogP contribution is 2.24. The molecule has 1 fully saturated rings. The second-order valence-electron chi connectivity index (χ2n) is 5.25. The predicted molar refractivity (Wildman–Crippen MR) is 76.3 cm³/mol. The molecule has 1 aliphatic heterocycles. The quantitative estimate of drug-likeness (QED) is 0.887. The summed E-state index contributed by atoms with van der Waals surface area (Å²) in [6, 6.07) is 4.00. The zero-order valence-corrected chi connectivity index (χ0v) is 11.9. The van der Waals surface area contributed by atoms with E-state index in [0.717, 1.165) is 31.1 Å². The van der Waals surface area contributed by atoms with E-state index in [1.807, 2.05) is 19.2 Å². The van der Waals surface area contributed by atoms with Crippen molar-refractivity contribution in [2.75, 3.05) is 31.7 Å². The van der Waals surface area contributed by atoms with Gasteiger partial charge in [-0.05, 0) is 37.3 Å². The summed E-state index contributed by atoms with van der Waals surface area (Å²) in [4.78, 5) is 6.73. The fraction of sp³-hybridized carbons (Fsp3) is 0.667. The number of hydrogen-bond acceptors (Lipinski definition) is 4. The fourth-order valence-corrected chi connectivity index (χ4v) is 2.58. The Morgan fingerprint density at radius 3 is 2.68 bits per heavy atom. The molecule has 1 atom stereocenters. The standard InChI is InChI=1S/C15H24N2O2/c1-3-15(18)14-5-4-13(10-16-14)17-8-6-12(7-9-17)11-19-2/h4-5,10,12,15,18H,3,6-9,11H2,1-2H3. The van der Waals surface area contributed by atoms with Crippen molar-refractivity contribution in [2.24, 2.45) is 5.92 Å². The first-order valence-electron chi connectivity index (χ1n) is 7.12. The molecule has 1 N–H and O–H groups in total. The number of pyridine rings is 1. The first kappa shape index (κ1) is 14.3. The van der Waals surface area contributed by atoms with Crippen molar-refractivity contribution in [3.8, 4) is 0 Å². The summed E-state index contributed by atoms with van der Waals surface area (Å²) in [7, 11) is 1.77. The van der Waals surface area contributed by atoms with Crippen molar-refractivity contribution < 1.29 is 9.84 Å². The normalized spacial score (nSPS) is 18.6. The zero-order chi connectivity index (χ0) is 13.7. The minimum Gasteiger partial charge on any atom is -0.387 e. The van der Waals surface area contributed by atoms with E-state index in [9.17, 15) is 5.11 Å². The van der Waals surface area contributed by atoms with Gasteiger partial charge in [-0.15, -0.1) is 0 Å². The van der Waals surface area contributed by atoms with Gasteiger partial charge >= 0.3 is 0 Å². The van der Waals surface area contributed by atoms with Crippen molar-refractivity contribution in [1.82, 2.24) is 4.98 Å². The Morgan fingerprint density at radius 2 is 2.16 bits per heavy atom. The number of rotatable bonds is 5. The van der Waals surface area contributed by atoms with E-state index < -0.39 is 6.10 Å². The lowest BCUT2D eigenvalue weighted by atomic mass is 9.97. The monoisotopic (exact) mass is 264 g/mol. The Kier molecular flexibility index (Phi) is 5.16. The third-order valence-corrected chi connectivity index (χ3v) is 3.88. The Balaban J connectivity index is 1.92. The van der Waals surface area contributed by atoms with E-state index in [2.05, 4.69) is 16.0 Å². The maximum Gasteiger partial charge on any atom is 0.0957 e. The first-order valence-corrected chi connectivity index (χ1v) is 7.12. The molecule has 1 aromatic heterocycles. The Bertz CT molecular complexity index is 372. The van der Waals surface area contributed by atoms with E-state index in [4.69, 9.17) is 4.74 Å². The number of nitrogens with zero attached hydrogens (tertiary/aromatic N) is 2. The summed E-state index contributed by atoms with van der Waals surface area (Å²) in [6.07, 6.45) is 4.49. The minimum atomic E-state index is -0.443. The molecule has 2 rings (SSSR count). The summed E-state index contributed by atoms with van der Waals surface area (Å²) >= 11 is 0. The van der Waals surface area contributed by atoms with Crippen LogP contribution in [0.5, 0.6) is 0 Å². The molecule has 0 spiro atoms. The predicted octanol–water partition coefficient (Wildman–Crippen LogP) is 2.39. The molecular weight excluding hydrogens is 240 g/mol. The maximum absolute atomic E-state index is 9.73. The molecular formula is C15H24N2O2. The number of methoxy groups -OCH3 is 1.